The second kappa shape index (κ2) is 6.06. The molecule has 7 heteroatoms. The molecule has 1 N–H and O–H groups in total. The number of ether oxygens (including phenoxy) is 1. The average molecular weight is 321 g/mol. The van der Waals surface area contributed by atoms with Gasteiger partial charge < -0.3 is 19.9 Å². The van der Waals surface area contributed by atoms with E-state index in [-0.39, 0.29) is 36.1 Å². The number of carbonyl (C=O) groups is 2. The number of likely N-dealkylation sites (N-methyl/N-ethyl adjacent to an activating group) is 1. The molecule has 1 unspecified atom stereocenters. The molecular weight excluding hydrogens is 301 g/mol. The molecule has 1 saturated heterocycles. The van der Waals surface area contributed by atoms with Gasteiger partial charge in [0, 0.05) is 20.1 Å². The minimum Gasteiger partial charge on any atom is -0.494 e. The number of rotatable bonds is 2. The van der Waals surface area contributed by atoms with Crippen molar-refractivity contribution in [1.29, 1.82) is 0 Å². The maximum Gasteiger partial charge on any atom is 0.318 e. The molecule has 0 spiro atoms. The van der Waals surface area contributed by atoms with Crippen molar-refractivity contribution >= 4 is 11.9 Å². The van der Waals surface area contributed by atoms with Gasteiger partial charge in [0.2, 0.25) is 5.91 Å². The third-order valence-corrected chi connectivity index (χ3v) is 4.53. The van der Waals surface area contributed by atoms with E-state index < -0.39 is 0 Å². The molecule has 1 aromatic rings. The lowest BCUT2D eigenvalue weighted by atomic mass is 10.1. The minimum atomic E-state index is -0.386. The number of nitrogens with one attached hydrogen (secondary N) is 1. The van der Waals surface area contributed by atoms with Crippen molar-refractivity contribution in [1.82, 2.24) is 15.1 Å². The van der Waals surface area contributed by atoms with Crippen molar-refractivity contribution in [3.8, 4) is 5.75 Å². The lowest BCUT2D eigenvalue weighted by molar-refractivity contribution is -0.133. The topological polar surface area (TPSA) is 61.9 Å². The predicted octanol–water partition coefficient (Wildman–Crippen LogP) is 1.31. The van der Waals surface area contributed by atoms with Crippen LogP contribution in [0.4, 0.5) is 9.18 Å². The van der Waals surface area contributed by atoms with Crippen LogP contribution in [-0.2, 0) is 11.2 Å². The third kappa shape index (κ3) is 2.95. The van der Waals surface area contributed by atoms with Crippen LogP contribution >= 0.6 is 0 Å². The molecule has 1 aliphatic heterocycles. The highest BCUT2D eigenvalue weighted by Crippen LogP contribution is 2.35. The molecule has 0 bridgehead atoms. The van der Waals surface area contributed by atoms with Crippen molar-refractivity contribution in [2.24, 2.45) is 0 Å². The zero-order valence-corrected chi connectivity index (χ0v) is 13.3. The summed E-state index contributed by atoms with van der Waals surface area (Å²) in [6, 6.07) is 2.69. The molecule has 0 aromatic heterocycles. The number of benzene rings is 1. The zero-order chi connectivity index (χ0) is 16.6. The standard InChI is InChI=1S/C16H20FN3O3/c1-19-5-6-20(9-15(19)21)16(22)18-13-4-3-10-7-12(17)14(23-2)8-11(10)13/h7-8,13H,3-6,9H2,1-2H3,(H,18,22). The molecule has 0 saturated carbocycles. The van der Waals surface area contributed by atoms with Gasteiger partial charge >= 0.3 is 6.03 Å². The molecular formula is C16H20FN3O3. The van der Waals surface area contributed by atoms with Crippen LogP contribution in [0.2, 0.25) is 0 Å². The summed E-state index contributed by atoms with van der Waals surface area (Å²) in [4.78, 5) is 27.2. The van der Waals surface area contributed by atoms with Gasteiger partial charge in [-0.2, -0.15) is 0 Å². The second-order valence-corrected chi connectivity index (χ2v) is 5.96. The van der Waals surface area contributed by atoms with Crippen molar-refractivity contribution < 1.29 is 18.7 Å². The number of methoxy groups -OCH3 is 1. The number of urea groups is 1. The predicted molar refractivity (Wildman–Crippen MR) is 81.8 cm³/mol. The zero-order valence-electron chi connectivity index (χ0n) is 13.3. The fraction of sp³-hybridized carbons (Fsp3) is 0.500. The number of amides is 3. The Bertz CT molecular complexity index is 650. The van der Waals surface area contributed by atoms with E-state index in [2.05, 4.69) is 5.32 Å². The Morgan fingerprint density at radius 2 is 2.17 bits per heavy atom. The van der Waals surface area contributed by atoms with Crippen LogP contribution in [0.1, 0.15) is 23.6 Å². The smallest absolute Gasteiger partial charge is 0.318 e. The Kier molecular flexibility index (Phi) is 4.11. The van der Waals surface area contributed by atoms with E-state index in [1.165, 1.54) is 18.1 Å². The van der Waals surface area contributed by atoms with Crippen LogP contribution in [0.3, 0.4) is 0 Å². The van der Waals surface area contributed by atoms with Crippen LogP contribution < -0.4 is 10.1 Å². The third-order valence-electron chi connectivity index (χ3n) is 4.53. The summed E-state index contributed by atoms with van der Waals surface area (Å²) < 4.78 is 18.8. The summed E-state index contributed by atoms with van der Waals surface area (Å²) >= 11 is 0. The first-order chi connectivity index (χ1) is 11.0. The average Bonchev–Trinajstić information content (AvgIpc) is 2.90. The van der Waals surface area contributed by atoms with Gasteiger partial charge in [-0.15, -0.1) is 0 Å². The van der Waals surface area contributed by atoms with E-state index >= 15 is 0 Å². The fourth-order valence-electron chi connectivity index (χ4n) is 3.09. The Morgan fingerprint density at radius 1 is 1.39 bits per heavy atom. The summed E-state index contributed by atoms with van der Waals surface area (Å²) in [5.74, 6) is -0.274. The van der Waals surface area contributed by atoms with Crippen LogP contribution in [0.25, 0.3) is 0 Å². The van der Waals surface area contributed by atoms with Gasteiger partial charge in [-0.3, -0.25) is 4.79 Å². The normalized spacial score (nSPS) is 20.5. The number of fused-ring (bicyclic) bond motifs is 1. The minimum absolute atomic E-state index is 0.0676. The number of hydrogen-bond donors (Lipinski definition) is 1. The first-order valence-electron chi connectivity index (χ1n) is 7.65. The summed E-state index contributed by atoms with van der Waals surface area (Å²) in [6.07, 6.45) is 1.43. The molecule has 3 rings (SSSR count). The van der Waals surface area contributed by atoms with Crippen LogP contribution in [0.5, 0.6) is 5.75 Å². The van der Waals surface area contributed by atoms with E-state index in [1.54, 1.807) is 18.0 Å². The molecule has 6 nitrogen and oxygen atoms in total. The van der Waals surface area contributed by atoms with Gasteiger partial charge in [-0.05, 0) is 36.1 Å². The van der Waals surface area contributed by atoms with E-state index in [0.29, 0.717) is 19.5 Å². The van der Waals surface area contributed by atoms with Crippen LogP contribution in [0.15, 0.2) is 12.1 Å². The molecule has 1 fully saturated rings. The molecule has 0 radical (unpaired) electrons. The highest BCUT2D eigenvalue weighted by molar-refractivity contribution is 5.85. The number of carbonyl (C=O) groups excluding carboxylic acids is 2. The summed E-state index contributed by atoms with van der Waals surface area (Å²) in [7, 11) is 3.15. The monoisotopic (exact) mass is 321 g/mol. The van der Waals surface area contributed by atoms with Crippen molar-refractivity contribution in [2.45, 2.75) is 18.9 Å². The highest BCUT2D eigenvalue weighted by Gasteiger charge is 2.30. The molecule has 1 aromatic carbocycles. The highest BCUT2D eigenvalue weighted by atomic mass is 19.1. The lowest BCUT2D eigenvalue weighted by Crippen LogP contribution is -2.53. The Hall–Kier alpha value is -2.31. The van der Waals surface area contributed by atoms with Crippen molar-refractivity contribution in [2.75, 3.05) is 33.8 Å². The number of nitrogens with zero attached hydrogens (tertiary/aromatic N) is 2. The second-order valence-electron chi connectivity index (χ2n) is 5.96. The molecule has 3 amide bonds. The first kappa shape index (κ1) is 15.6. The SMILES string of the molecule is COc1cc2c(cc1F)CCC2NC(=O)N1CCN(C)C(=O)C1. The maximum atomic E-state index is 13.7. The van der Waals surface area contributed by atoms with Gasteiger partial charge in [-0.25, -0.2) is 9.18 Å². The van der Waals surface area contributed by atoms with E-state index in [4.69, 9.17) is 4.74 Å². The fourth-order valence-corrected chi connectivity index (χ4v) is 3.09. The molecule has 23 heavy (non-hydrogen) atoms. The van der Waals surface area contributed by atoms with E-state index in [9.17, 15) is 14.0 Å². The summed E-state index contributed by atoms with van der Waals surface area (Å²) in [6.45, 7) is 1.14. The Balaban J connectivity index is 1.71. The Labute approximate surface area is 134 Å². The van der Waals surface area contributed by atoms with Gasteiger partial charge in [0.25, 0.3) is 0 Å². The largest absolute Gasteiger partial charge is 0.494 e. The van der Waals surface area contributed by atoms with Gasteiger partial charge in [0.05, 0.1) is 13.2 Å². The number of piperazine rings is 1. The number of hydrogen-bond acceptors (Lipinski definition) is 3. The van der Waals surface area contributed by atoms with Crippen LogP contribution in [-0.4, -0.2) is 55.5 Å². The summed E-state index contributed by atoms with van der Waals surface area (Å²) in [5, 5.41) is 2.95. The lowest BCUT2D eigenvalue weighted by Gasteiger charge is -2.32. The van der Waals surface area contributed by atoms with Gasteiger partial charge in [0.1, 0.15) is 6.54 Å². The quantitative estimate of drug-likeness (QED) is 0.893. The number of aryl methyl sites for hydroxylation is 1. The Morgan fingerprint density at radius 3 is 2.87 bits per heavy atom. The van der Waals surface area contributed by atoms with Crippen molar-refractivity contribution in [3.63, 3.8) is 0 Å². The molecule has 2 aliphatic rings. The van der Waals surface area contributed by atoms with Crippen molar-refractivity contribution in [3.05, 3.63) is 29.1 Å². The molecule has 1 aliphatic carbocycles. The van der Waals surface area contributed by atoms with Gasteiger partial charge in [0.15, 0.2) is 11.6 Å². The van der Waals surface area contributed by atoms with E-state index in [1.807, 2.05) is 0 Å². The molecule has 124 valence electrons. The molecule has 1 heterocycles. The van der Waals surface area contributed by atoms with E-state index in [0.717, 1.165) is 17.5 Å². The molecule has 1 atom stereocenters. The first-order valence-corrected chi connectivity index (χ1v) is 7.65. The summed E-state index contributed by atoms with van der Waals surface area (Å²) in [5.41, 5.74) is 1.78. The van der Waals surface area contributed by atoms with Gasteiger partial charge in [-0.1, -0.05) is 0 Å². The van der Waals surface area contributed by atoms with Crippen LogP contribution in [0, 0.1) is 5.82 Å². The number of halogens is 1. The maximum absolute atomic E-state index is 13.7.